The van der Waals surface area contributed by atoms with Gasteiger partial charge in [-0.2, -0.15) is 0 Å². The first-order chi connectivity index (χ1) is 6.33. The fourth-order valence-corrected chi connectivity index (χ4v) is 1.39. The Morgan fingerprint density at radius 2 is 2.14 bits per heavy atom. The van der Waals surface area contributed by atoms with Crippen LogP contribution in [0.25, 0.3) is 0 Å². The molecule has 0 unspecified atom stereocenters. The molecule has 0 aliphatic carbocycles. The number of rotatable bonds is 6. The molecule has 0 saturated heterocycles. The summed E-state index contributed by atoms with van der Waals surface area (Å²) in [6.07, 6.45) is 13.3. The van der Waals surface area contributed by atoms with Crippen molar-refractivity contribution in [2.45, 2.75) is 32.2 Å². The van der Waals surface area contributed by atoms with Gasteiger partial charge in [0, 0.05) is 0 Å². The molecule has 0 aromatic carbocycles. The third-order valence-electron chi connectivity index (χ3n) is 2.15. The Morgan fingerprint density at radius 3 is 2.71 bits per heavy atom. The maximum Gasteiger partial charge on any atom is 0.243 e. The Bertz CT molecular complexity index is 256. The number of hydrogen-bond acceptors (Lipinski definition) is 0. The lowest BCUT2D eigenvalue weighted by atomic mass is 10.2. The molecule has 0 fully saturated rings. The van der Waals surface area contributed by atoms with Gasteiger partial charge in [-0.3, -0.25) is 0 Å². The molecule has 0 bridgehead atoms. The van der Waals surface area contributed by atoms with Crippen molar-refractivity contribution in [3.05, 3.63) is 31.4 Å². The molecule has 80 valence electrons. The van der Waals surface area contributed by atoms with E-state index in [4.69, 9.17) is 0 Å². The first-order valence-corrected chi connectivity index (χ1v) is 4.95. The summed E-state index contributed by atoms with van der Waals surface area (Å²) in [5.74, 6) is 0. The second kappa shape index (κ2) is 7.80. The lowest BCUT2D eigenvalue weighted by molar-refractivity contribution is -0.671. The molecule has 0 aliphatic rings. The first-order valence-electron chi connectivity index (χ1n) is 4.95. The Balaban J connectivity index is 0.00000169. The zero-order chi connectivity index (χ0) is 9.52. The highest BCUT2D eigenvalue weighted by atomic mass is 79.9. The highest BCUT2D eigenvalue weighted by Crippen LogP contribution is 2.01. The van der Waals surface area contributed by atoms with Crippen molar-refractivity contribution in [1.29, 1.82) is 0 Å². The molecule has 0 radical (unpaired) electrons. The standard InChI is InChI=1S/C11H19N2.BrH/c1-3-4-5-6-7-8-13-10-9-12(2)11-13;/h3,9-11H,1,4-8H2,2H3;1H/q+1;/p-1. The molecule has 1 heterocycles. The average molecular weight is 259 g/mol. The number of hydrogen-bond donors (Lipinski definition) is 0. The van der Waals surface area contributed by atoms with Gasteiger partial charge in [-0.15, -0.1) is 6.58 Å². The number of aryl methyl sites for hydroxylation is 2. The van der Waals surface area contributed by atoms with Crippen LogP contribution in [-0.4, -0.2) is 4.57 Å². The van der Waals surface area contributed by atoms with E-state index in [2.05, 4.69) is 34.4 Å². The van der Waals surface area contributed by atoms with Gasteiger partial charge in [0.15, 0.2) is 0 Å². The van der Waals surface area contributed by atoms with Gasteiger partial charge in [0.25, 0.3) is 0 Å². The van der Waals surface area contributed by atoms with Crippen LogP contribution >= 0.6 is 0 Å². The second-order valence-corrected chi connectivity index (χ2v) is 3.45. The van der Waals surface area contributed by atoms with Gasteiger partial charge in [0.2, 0.25) is 6.33 Å². The van der Waals surface area contributed by atoms with Crippen molar-refractivity contribution in [3.63, 3.8) is 0 Å². The van der Waals surface area contributed by atoms with Gasteiger partial charge in [-0.25, -0.2) is 9.13 Å². The van der Waals surface area contributed by atoms with Crippen LogP contribution in [0.2, 0.25) is 0 Å². The van der Waals surface area contributed by atoms with Gasteiger partial charge in [0.1, 0.15) is 12.4 Å². The van der Waals surface area contributed by atoms with Crippen LogP contribution in [0.15, 0.2) is 31.4 Å². The highest BCUT2D eigenvalue weighted by Gasteiger charge is 1.98. The van der Waals surface area contributed by atoms with Crippen molar-refractivity contribution in [3.8, 4) is 0 Å². The van der Waals surface area contributed by atoms with Crippen molar-refractivity contribution < 1.29 is 21.5 Å². The van der Waals surface area contributed by atoms with E-state index in [-0.39, 0.29) is 17.0 Å². The molecule has 2 nitrogen and oxygen atoms in total. The molecule has 3 heteroatoms. The van der Waals surface area contributed by atoms with Gasteiger partial charge in [0.05, 0.1) is 13.6 Å². The van der Waals surface area contributed by atoms with Crippen LogP contribution in [0, 0.1) is 0 Å². The van der Waals surface area contributed by atoms with Crippen molar-refractivity contribution >= 4 is 0 Å². The quantitative estimate of drug-likeness (QED) is 0.354. The largest absolute Gasteiger partial charge is 1.00 e. The van der Waals surface area contributed by atoms with Crippen LogP contribution in [0.5, 0.6) is 0 Å². The average Bonchev–Trinajstić information content (AvgIpc) is 2.51. The topological polar surface area (TPSA) is 8.81 Å². The van der Waals surface area contributed by atoms with E-state index < -0.39 is 0 Å². The van der Waals surface area contributed by atoms with Gasteiger partial charge in [-0.1, -0.05) is 6.08 Å². The Labute approximate surface area is 97.0 Å². The van der Waals surface area contributed by atoms with E-state index >= 15 is 0 Å². The molecule has 0 aliphatic heterocycles. The molecular weight excluding hydrogens is 240 g/mol. The minimum absolute atomic E-state index is 0. The maximum atomic E-state index is 3.71. The molecule has 1 aromatic heterocycles. The molecule has 14 heavy (non-hydrogen) atoms. The number of nitrogens with zero attached hydrogens (tertiary/aromatic N) is 2. The lowest BCUT2D eigenvalue weighted by Gasteiger charge is -1.95. The Morgan fingerprint density at radius 1 is 1.36 bits per heavy atom. The van der Waals surface area contributed by atoms with E-state index in [1.54, 1.807) is 0 Å². The van der Waals surface area contributed by atoms with Crippen LogP contribution in [0.4, 0.5) is 0 Å². The fourth-order valence-electron chi connectivity index (χ4n) is 1.39. The van der Waals surface area contributed by atoms with E-state index in [0.29, 0.717) is 0 Å². The third-order valence-corrected chi connectivity index (χ3v) is 2.15. The molecule has 1 aromatic rings. The summed E-state index contributed by atoms with van der Waals surface area (Å²) in [6.45, 7) is 4.85. The number of imidazole rings is 1. The second-order valence-electron chi connectivity index (χ2n) is 3.45. The minimum Gasteiger partial charge on any atom is -1.00 e. The normalized spacial score (nSPS) is 9.50. The summed E-state index contributed by atoms with van der Waals surface area (Å²) in [6, 6.07) is 0. The number of aromatic nitrogens is 2. The van der Waals surface area contributed by atoms with Crippen LogP contribution < -0.4 is 21.5 Å². The molecule has 0 saturated carbocycles. The summed E-state index contributed by atoms with van der Waals surface area (Å²) >= 11 is 0. The smallest absolute Gasteiger partial charge is 0.243 e. The maximum absolute atomic E-state index is 3.71. The van der Waals surface area contributed by atoms with E-state index in [1.807, 2.05) is 13.1 Å². The van der Waals surface area contributed by atoms with Gasteiger partial charge in [-0.05, 0) is 25.7 Å². The zero-order valence-electron chi connectivity index (χ0n) is 8.82. The van der Waals surface area contributed by atoms with Crippen LogP contribution in [-0.2, 0) is 13.6 Å². The monoisotopic (exact) mass is 258 g/mol. The zero-order valence-corrected chi connectivity index (χ0v) is 10.4. The predicted octanol–water partition coefficient (Wildman–Crippen LogP) is -0.937. The SMILES string of the molecule is C=CCCCCCn1cc[n+](C)c1.[Br-]. The molecule has 0 N–H and O–H groups in total. The highest BCUT2D eigenvalue weighted by molar-refractivity contribution is 4.67. The van der Waals surface area contributed by atoms with Crippen LogP contribution in [0.1, 0.15) is 25.7 Å². The predicted molar refractivity (Wildman–Crippen MR) is 54.3 cm³/mol. The fraction of sp³-hybridized carbons (Fsp3) is 0.545. The summed E-state index contributed by atoms with van der Waals surface area (Å²) in [5, 5.41) is 0. The molecule has 0 atom stereocenters. The number of allylic oxidation sites excluding steroid dienone is 1. The molecule has 0 amide bonds. The summed E-state index contributed by atoms with van der Waals surface area (Å²) in [4.78, 5) is 0. The molecule has 1 rings (SSSR count). The number of halogens is 1. The minimum atomic E-state index is 0. The third kappa shape index (κ3) is 5.22. The Hall–Kier alpha value is -0.570. The Kier molecular flexibility index (Phi) is 7.48. The van der Waals surface area contributed by atoms with E-state index in [0.717, 1.165) is 13.0 Å². The van der Waals surface area contributed by atoms with E-state index in [1.165, 1.54) is 19.3 Å². The summed E-state index contributed by atoms with van der Waals surface area (Å²) in [7, 11) is 2.05. The van der Waals surface area contributed by atoms with Crippen molar-refractivity contribution in [1.82, 2.24) is 4.57 Å². The molecule has 0 spiro atoms. The summed E-state index contributed by atoms with van der Waals surface area (Å²) < 4.78 is 4.30. The van der Waals surface area contributed by atoms with Crippen molar-refractivity contribution in [2.24, 2.45) is 7.05 Å². The van der Waals surface area contributed by atoms with Gasteiger partial charge < -0.3 is 17.0 Å². The lowest BCUT2D eigenvalue weighted by Crippen LogP contribution is -3.00. The van der Waals surface area contributed by atoms with Crippen LogP contribution in [0.3, 0.4) is 0 Å². The van der Waals surface area contributed by atoms with E-state index in [9.17, 15) is 0 Å². The summed E-state index contributed by atoms with van der Waals surface area (Å²) in [5.41, 5.74) is 0. The van der Waals surface area contributed by atoms with Gasteiger partial charge >= 0.3 is 0 Å². The molecular formula is C11H19BrN2. The number of unbranched alkanes of at least 4 members (excludes halogenated alkanes) is 3. The van der Waals surface area contributed by atoms with Crippen molar-refractivity contribution in [2.75, 3.05) is 0 Å². The first kappa shape index (κ1) is 13.4.